The van der Waals surface area contributed by atoms with Crippen molar-refractivity contribution in [1.82, 2.24) is 0 Å². The van der Waals surface area contributed by atoms with Gasteiger partial charge in [0.1, 0.15) is 0 Å². The van der Waals surface area contributed by atoms with Gasteiger partial charge in [-0.05, 0) is 12.5 Å². The zero-order valence-corrected chi connectivity index (χ0v) is 7.33. The van der Waals surface area contributed by atoms with Crippen molar-refractivity contribution in [1.29, 1.82) is 0 Å². The number of rotatable bonds is 1. The van der Waals surface area contributed by atoms with Crippen molar-refractivity contribution in [2.45, 2.75) is 13.5 Å². The fourth-order valence-electron chi connectivity index (χ4n) is 0.614. The van der Waals surface area contributed by atoms with Crippen LogP contribution in [-0.4, -0.2) is 17.2 Å². The van der Waals surface area contributed by atoms with Crippen molar-refractivity contribution in [2.75, 3.05) is 6.61 Å². The largest absolute Gasteiger partial charge is 0.412 e. The first-order valence-corrected chi connectivity index (χ1v) is 3.70. The van der Waals surface area contributed by atoms with Crippen LogP contribution in [0.1, 0.15) is 12.5 Å². The third-order valence-corrected chi connectivity index (χ3v) is 1.08. The molecule has 70 valence electrons. The van der Waals surface area contributed by atoms with Gasteiger partial charge in [0.05, 0.1) is 0 Å². The highest BCUT2D eigenvalue weighted by atomic mass is 16.2. The van der Waals surface area contributed by atoms with Gasteiger partial charge in [-0.3, -0.25) is 0 Å². The number of nitrogens with two attached hydrogens (primary N) is 1. The molecule has 0 saturated carbocycles. The van der Waals surface area contributed by atoms with E-state index in [2.05, 4.69) is 0 Å². The van der Waals surface area contributed by atoms with Crippen LogP contribution in [0.25, 0.3) is 0 Å². The Labute approximate surface area is 73.1 Å². The Hall–Kier alpha value is -0.900. The second-order valence-electron chi connectivity index (χ2n) is 2.01. The normalized spacial score (nSPS) is 7.58. The van der Waals surface area contributed by atoms with E-state index in [1.807, 2.05) is 30.3 Å². The molecular weight excluding hydrogens is 154 g/mol. The zero-order chi connectivity index (χ0) is 8.53. The van der Waals surface area contributed by atoms with E-state index in [4.69, 9.17) is 10.8 Å². The monoisotopic (exact) mass is 171 g/mol. The molecule has 0 aliphatic carbocycles. The third-order valence-electron chi connectivity index (χ3n) is 1.08. The first kappa shape index (κ1) is 13.7. The fourth-order valence-corrected chi connectivity index (χ4v) is 0.614. The molecule has 0 heterocycles. The van der Waals surface area contributed by atoms with Crippen molar-refractivity contribution in [2.24, 2.45) is 5.73 Å². The number of aliphatic hydroxyl groups is 1. The summed E-state index contributed by atoms with van der Waals surface area (Å²) < 4.78 is 0. The van der Waals surface area contributed by atoms with E-state index in [9.17, 15) is 0 Å². The van der Waals surface area contributed by atoms with Crippen molar-refractivity contribution >= 4 is 0 Å². The van der Waals surface area contributed by atoms with Crippen LogP contribution < -0.4 is 5.73 Å². The molecule has 1 aromatic rings. The van der Waals surface area contributed by atoms with E-state index in [1.54, 1.807) is 6.92 Å². The molecule has 0 aromatic heterocycles. The first-order chi connectivity index (χ1) is 5.35. The van der Waals surface area contributed by atoms with E-state index >= 15 is 0 Å². The Morgan fingerprint density at radius 3 is 1.92 bits per heavy atom. The summed E-state index contributed by atoms with van der Waals surface area (Å²) in [7, 11) is 0. The quantitative estimate of drug-likeness (QED) is 0.638. The SMILES string of the molecule is CCO.NCc1ccccc1.O. The molecule has 3 heteroatoms. The second-order valence-corrected chi connectivity index (χ2v) is 2.01. The topological polar surface area (TPSA) is 77.8 Å². The second kappa shape index (κ2) is 10.1. The molecule has 0 radical (unpaired) electrons. The lowest BCUT2D eigenvalue weighted by atomic mass is 10.2. The number of hydrogen-bond donors (Lipinski definition) is 2. The van der Waals surface area contributed by atoms with Gasteiger partial charge in [-0.25, -0.2) is 0 Å². The standard InChI is InChI=1S/C7H9N.C2H6O.H2O/c8-6-7-4-2-1-3-5-7;1-2-3;/h1-5H,6,8H2;3H,2H2,1H3;1H2. The van der Waals surface area contributed by atoms with Crippen molar-refractivity contribution < 1.29 is 10.6 Å². The Balaban J connectivity index is 0. The third kappa shape index (κ3) is 7.21. The molecule has 5 N–H and O–H groups in total. The summed E-state index contributed by atoms with van der Waals surface area (Å²) >= 11 is 0. The van der Waals surface area contributed by atoms with Gasteiger partial charge in [-0.15, -0.1) is 0 Å². The van der Waals surface area contributed by atoms with Crippen molar-refractivity contribution in [3.8, 4) is 0 Å². The molecule has 0 aliphatic rings. The summed E-state index contributed by atoms with van der Waals surface area (Å²) in [6.45, 7) is 2.57. The summed E-state index contributed by atoms with van der Waals surface area (Å²) in [5, 5.41) is 7.57. The van der Waals surface area contributed by atoms with E-state index in [1.165, 1.54) is 5.56 Å². The molecule has 3 nitrogen and oxygen atoms in total. The van der Waals surface area contributed by atoms with Crippen LogP contribution in [0.15, 0.2) is 30.3 Å². The summed E-state index contributed by atoms with van der Waals surface area (Å²) in [4.78, 5) is 0. The molecule has 0 spiro atoms. The Kier molecular flexibility index (Phi) is 11.5. The molecule has 0 bridgehead atoms. The number of aliphatic hydroxyl groups excluding tert-OH is 1. The van der Waals surface area contributed by atoms with Gasteiger partial charge in [0, 0.05) is 13.2 Å². The maximum atomic E-state index is 7.57. The lowest BCUT2D eigenvalue weighted by Crippen LogP contribution is -1.94. The van der Waals surface area contributed by atoms with Crippen LogP contribution in [0.4, 0.5) is 0 Å². The predicted octanol–water partition coefficient (Wildman–Crippen LogP) is 0.319. The maximum absolute atomic E-state index is 7.57. The minimum absolute atomic E-state index is 0. The van der Waals surface area contributed by atoms with Crippen LogP contribution in [0.2, 0.25) is 0 Å². The van der Waals surface area contributed by atoms with E-state index in [0.717, 1.165) is 0 Å². The first-order valence-electron chi connectivity index (χ1n) is 3.70. The number of hydrogen-bond acceptors (Lipinski definition) is 2. The molecule has 0 saturated heterocycles. The highest BCUT2D eigenvalue weighted by molar-refractivity contribution is 5.13. The lowest BCUT2D eigenvalue weighted by Gasteiger charge is -1.90. The summed E-state index contributed by atoms with van der Waals surface area (Å²) in [6.07, 6.45) is 0. The van der Waals surface area contributed by atoms with Gasteiger partial charge in [0.25, 0.3) is 0 Å². The van der Waals surface area contributed by atoms with E-state index in [-0.39, 0.29) is 12.1 Å². The van der Waals surface area contributed by atoms with Gasteiger partial charge in [-0.2, -0.15) is 0 Å². The molecule has 0 atom stereocenters. The van der Waals surface area contributed by atoms with Crippen LogP contribution in [0, 0.1) is 0 Å². The molecule has 1 rings (SSSR count). The van der Waals surface area contributed by atoms with E-state index in [0.29, 0.717) is 6.54 Å². The van der Waals surface area contributed by atoms with Gasteiger partial charge in [-0.1, -0.05) is 30.3 Å². The summed E-state index contributed by atoms with van der Waals surface area (Å²) in [5.74, 6) is 0. The molecule has 1 aromatic carbocycles. The Morgan fingerprint density at radius 2 is 1.67 bits per heavy atom. The highest BCUT2D eigenvalue weighted by Crippen LogP contribution is 1.94. The van der Waals surface area contributed by atoms with Crippen LogP contribution >= 0.6 is 0 Å². The van der Waals surface area contributed by atoms with E-state index < -0.39 is 0 Å². The minimum Gasteiger partial charge on any atom is -0.412 e. The molecule has 0 fully saturated rings. The Morgan fingerprint density at radius 1 is 1.25 bits per heavy atom. The molecule has 0 unspecified atom stereocenters. The minimum atomic E-state index is 0. The van der Waals surface area contributed by atoms with Crippen LogP contribution in [-0.2, 0) is 6.54 Å². The predicted molar refractivity (Wildman–Crippen MR) is 50.7 cm³/mol. The van der Waals surface area contributed by atoms with Crippen LogP contribution in [0.3, 0.4) is 0 Å². The molecular formula is C9H17NO2. The average Bonchev–Trinajstić information content (AvgIpc) is 2.08. The van der Waals surface area contributed by atoms with Gasteiger partial charge in [0.15, 0.2) is 0 Å². The Bertz CT molecular complexity index is 165. The maximum Gasteiger partial charge on any atom is 0.0402 e. The van der Waals surface area contributed by atoms with Crippen molar-refractivity contribution in [3.05, 3.63) is 35.9 Å². The smallest absolute Gasteiger partial charge is 0.0402 e. The van der Waals surface area contributed by atoms with Crippen molar-refractivity contribution in [3.63, 3.8) is 0 Å². The summed E-state index contributed by atoms with van der Waals surface area (Å²) in [5.41, 5.74) is 6.54. The zero-order valence-electron chi connectivity index (χ0n) is 7.33. The summed E-state index contributed by atoms with van der Waals surface area (Å²) in [6, 6.07) is 9.99. The fraction of sp³-hybridized carbons (Fsp3) is 0.333. The lowest BCUT2D eigenvalue weighted by molar-refractivity contribution is 0.318. The van der Waals surface area contributed by atoms with Gasteiger partial charge in [0.2, 0.25) is 0 Å². The highest BCUT2D eigenvalue weighted by Gasteiger charge is 1.80. The average molecular weight is 171 g/mol. The van der Waals surface area contributed by atoms with Crippen LogP contribution in [0.5, 0.6) is 0 Å². The molecule has 12 heavy (non-hydrogen) atoms. The van der Waals surface area contributed by atoms with Gasteiger partial charge >= 0.3 is 0 Å². The number of benzene rings is 1. The molecule has 0 amide bonds. The van der Waals surface area contributed by atoms with Gasteiger partial charge < -0.3 is 16.3 Å². The molecule has 0 aliphatic heterocycles.